The maximum atomic E-state index is 13.3. The van der Waals surface area contributed by atoms with Crippen LogP contribution in [0.15, 0.2) is 42.5 Å². The molecule has 3 aromatic rings. The van der Waals surface area contributed by atoms with Gasteiger partial charge in [-0.05, 0) is 106 Å². The molecule has 6 heterocycles. The van der Waals surface area contributed by atoms with Gasteiger partial charge in [-0.3, -0.25) is 34.2 Å². The van der Waals surface area contributed by atoms with Gasteiger partial charge in [0.05, 0.1) is 18.2 Å². The second-order valence-electron chi connectivity index (χ2n) is 15.3. The van der Waals surface area contributed by atoms with Gasteiger partial charge in [0, 0.05) is 50.5 Å². The van der Waals surface area contributed by atoms with Crippen molar-refractivity contribution >= 4 is 52.5 Å². The largest absolute Gasteiger partial charge is 0.478 e. The van der Waals surface area contributed by atoms with E-state index in [1.165, 1.54) is 19.1 Å². The number of primary amides is 1. The minimum absolute atomic E-state index is 0.0386. The molecule has 2 atom stereocenters. The van der Waals surface area contributed by atoms with Gasteiger partial charge in [0.2, 0.25) is 11.8 Å². The van der Waals surface area contributed by atoms with Gasteiger partial charge in [0.25, 0.3) is 23.6 Å². The van der Waals surface area contributed by atoms with E-state index < -0.39 is 35.6 Å². The smallest absolute Gasteiger partial charge is 0.271 e. The van der Waals surface area contributed by atoms with Crippen LogP contribution < -0.4 is 30.9 Å². The molecular weight excluding hydrogens is 702 g/mol. The average Bonchev–Trinajstić information content (AvgIpc) is 3.76. The summed E-state index contributed by atoms with van der Waals surface area (Å²) < 4.78 is 5.49. The van der Waals surface area contributed by atoms with E-state index in [1.807, 2.05) is 18.2 Å². The fourth-order valence-corrected chi connectivity index (χ4v) is 8.78. The maximum Gasteiger partial charge on any atom is 0.271 e. The number of nitrogens with one attached hydrogen (secondary N) is 2. The van der Waals surface area contributed by atoms with Gasteiger partial charge < -0.3 is 30.5 Å². The minimum atomic E-state index is -0.971. The summed E-state index contributed by atoms with van der Waals surface area (Å²) in [6, 6.07) is 12.7. The second-order valence-corrected chi connectivity index (χ2v) is 15.3. The van der Waals surface area contributed by atoms with E-state index in [-0.39, 0.29) is 18.5 Å². The van der Waals surface area contributed by atoms with Crippen molar-refractivity contribution < 1.29 is 28.7 Å². The molecule has 5 amide bonds. The number of hydrogen-bond donors (Lipinski definition) is 3. The van der Waals surface area contributed by atoms with Gasteiger partial charge >= 0.3 is 0 Å². The van der Waals surface area contributed by atoms with Crippen molar-refractivity contribution in [3.63, 3.8) is 0 Å². The number of methoxy groups -OCH3 is 1. The third kappa shape index (κ3) is 7.32. The fourth-order valence-electron chi connectivity index (χ4n) is 8.78. The summed E-state index contributed by atoms with van der Waals surface area (Å²) >= 11 is 0. The summed E-state index contributed by atoms with van der Waals surface area (Å²) in [6.45, 7) is 6.45. The van der Waals surface area contributed by atoms with E-state index in [0.29, 0.717) is 40.5 Å². The van der Waals surface area contributed by atoms with Crippen molar-refractivity contribution in [1.82, 2.24) is 25.1 Å². The molecule has 288 valence electrons. The number of fused-ring (bicyclic) bond motifs is 1. The molecule has 5 aliphatic heterocycles. The Balaban J connectivity index is 0.845. The van der Waals surface area contributed by atoms with E-state index in [0.717, 1.165) is 94.2 Å². The highest BCUT2D eigenvalue weighted by Crippen LogP contribution is 2.35. The van der Waals surface area contributed by atoms with Crippen LogP contribution in [0.3, 0.4) is 0 Å². The number of nitrogens with two attached hydrogens (primary N) is 1. The molecule has 4 N–H and O–H groups in total. The van der Waals surface area contributed by atoms with Gasteiger partial charge in [0.15, 0.2) is 17.3 Å². The standard InChI is InChI=1S/C40H47N9O6/c1-55-38-36(47-16-3-2-4-17-47)45-35(33(44-38)34(41)51)42-27-7-5-25(6-8-27)26-14-18-46(19-15-26)22-24-13-20-48(23-24)28-9-10-29-30(21-28)40(54)49(39(29)53)31-11-12-32(50)43-37(31)52/h5-10,21,24,26,31H,2-4,11-20,22-23H2,1H3,(H2,41,51)(H,42,45)(H,43,50,52). The third-order valence-electron chi connectivity index (χ3n) is 11.8. The molecule has 0 spiro atoms. The van der Waals surface area contributed by atoms with E-state index in [9.17, 15) is 24.0 Å². The Labute approximate surface area is 319 Å². The zero-order valence-corrected chi connectivity index (χ0v) is 31.1. The lowest BCUT2D eigenvalue weighted by Gasteiger charge is -2.34. The normalized spacial score (nSPS) is 22.2. The van der Waals surface area contributed by atoms with Crippen molar-refractivity contribution in [3.05, 3.63) is 64.8 Å². The first-order chi connectivity index (χ1) is 26.7. The molecule has 1 aromatic heterocycles. The molecular formula is C40H47N9O6. The highest BCUT2D eigenvalue weighted by molar-refractivity contribution is 6.23. The number of rotatable bonds is 10. The molecule has 4 fully saturated rings. The number of ether oxygens (including phenoxy) is 1. The Morgan fingerprint density at radius 3 is 2.33 bits per heavy atom. The molecule has 0 saturated carbocycles. The van der Waals surface area contributed by atoms with Crippen molar-refractivity contribution in [2.45, 2.75) is 63.3 Å². The van der Waals surface area contributed by atoms with Crippen LogP contribution in [0.5, 0.6) is 5.88 Å². The van der Waals surface area contributed by atoms with Crippen LogP contribution in [-0.2, 0) is 9.59 Å². The molecule has 5 aliphatic rings. The summed E-state index contributed by atoms with van der Waals surface area (Å²) in [5.41, 5.74) is 9.33. The average molecular weight is 750 g/mol. The highest BCUT2D eigenvalue weighted by Gasteiger charge is 2.45. The Morgan fingerprint density at radius 2 is 1.62 bits per heavy atom. The number of aromatic nitrogens is 2. The third-order valence-corrected chi connectivity index (χ3v) is 11.8. The molecule has 2 aromatic carbocycles. The quantitative estimate of drug-likeness (QED) is 0.257. The lowest BCUT2D eigenvalue weighted by molar-refractivity contribution is -0.136. The summed E-state index contributed by atoms with van der Waals surface area (Å²) in [7, 11) is 1.52. The molecule has 15 nitrogen and oxygen atoms in total. The predicted molar refractivity (Wildman–Crippen MR) is 205 cm³/mol. The molecule has 4 saturated heterocycles. The summed E-state index contributed by atoms with van der Waals surface area (Å²) in [5, 5.41) is 5.53. The number of piperidine rings is 3. The Hall–Kier alpha value is -5.57. The maximum absolute atomic E-state index is 13.3. The molecule has 15 heteroatoms. The summed E-state index contributed by atoms with van der Waals surface area (Å²) in [4.78, 5) is 80.1. The Bertz CT molecular complexity index is 2010. The molecule has 8 rings (SSSR count). The van der Waals surface area contributed by atoms with E-state index >= 15 is 0 Å². The molecule has 0 aliphatic carbocycles. The van der Waals surface area contributed by atoms with Crippen molar-refractivity contribution in [2.75, 3.05) is 68.0 Å². The number of nitrogens with zero attached hydrogens (tertiary/aromatic N) is 6. The number of amides is 5. The van der Waals surface area contributed by atoms with E-state index in [1.54, 1.807) is 12.1 Å². The summed E-state index contributed by atoms with van der Waals surface area (Å²) in [6.07, 6.45) is 6.68. The van der Waals surface area contributed by atoms with Gasteiger partial charge in [-0.25, -0.2) is 9.97 Å². The molecule has 55 heavy (non-hydrogen) atoms. The number of anilines is 4. The van der Waals surface area contributed by atoms with Crippen LogP contribution in [0.1, 0.15) is 94.1 Å². The van der Waals surface area contributed by atoms with Crippen LogP contribution in [0.25, 0.3) is 0 Å². The minimum Gasteiger partial charge on any atom is -0.478 e. The first-order valence-electron chi connectivity index (χ1n) is 19.4. The lowest BCUT2D eigenvalue weighted by Crippen LogP contribution is -2.54. The topological polar surface area (TPSA) is 183 Å². The van der Waals surface area contributed by atoms with Gasteiger partial charge in [-0.15, -0.1) is 0 Å². The second kappa shape index (κ2) is 15.3. The molecule has 0 radical (unpaired) electrons. The number of likely N-dealkylation sites (tertiary alicyclic amines) is 1. The van der Waals surface area contributed by atoms with E-state index in [4.69, 9.17) is 15.5 Å². The first-order valence-corrected chi connectivity index (χ1v) is 19.4. The number of imide groups is 2. The molecule has 2 unspecified atom stereocenters. The van der Waals surface area contributed by atoms with Crippen molar-refractivity contribution in [2.24, 2.45) is 11.7 Å². The number of carbonyl (C=O) groups excluding carboxylic acids is 5. The van der Waals surface area contributed by atoms with Gasteiger partial charge in [-0.2, -0.15) is 0 Å². The van der Waals surface area contributed by atoms with Gasteiger partial charge in [-0.1, -0.05) is 12.1 Å². The molecule has 0 bridgehead atoms. The lowest BCUT2D eigenvalue weighted by atomic mass is 9.89. The van der Waals surface area contributed by atoms with Crippen LogP contribution in [0.4, 0.5) is 23.0 Å². The predicted octanol–water partition coefficient (Wildman–Crippen LogP) is 3.43. The summed E-state index contributed by atoms with van der Waals surface area (Å²) in [5.74, 6) is -0.483. The highest BCUT2D eigenvalue weighted by atomic mass is 16.5. The Morgan fingerprint density at radius 1 is 0.873 bits per heavy atom. The van der Waals surface area contributed by atoms with E-state index in [2.05, 4.69) is 42.5 Å². The van der Waals surface area contributed by atoms with Crippen LogP contribution in [-0.4, -0.2) is 108 Å². The fraction of sp³-hybridized carbons (Fsp3) is 0.475. The number of carbonyl (C=O) groups is 5. The first kappa shape index (κ1) is 36.4. The monoisotopic (exact) mass is 749 g/mol. The SMILES string of the molecule is COc1nc(C(N)=O)c(Nc2ccc(C3CCN(CC4CCN(c5ccc6c(c5)C(=O)N(C5CCC(=O)NC5=O)C6=O)C4)CC3)cc2)nc1N1CCCCC1. The van der Waals surface area contributed by atoms with Crippen LogP contribution >= 0.6 is 0 Å². The number of hydrogen-bond acceptors (Lipinski definition) is 12. The van der Waals surface area contributed by atoms with Crippen molar-refractivity contribution in [1.29, 1.82) is 0 Å². The van der Waals surface area contributed by atoms with Crippen LogP contribution in [0, 0.1) is 5.92 Å². The van der Waals surface area contributed by atoms with Crippen molar-refractivity contribution in [3.8, 4) is 5.88 Å². The van der Waals surface area contributed by atoms with Crippen LogP contribution in [0.2, 0.25) is 0 Å². The number of benzene rings is 2. The van der Waals surface area contributed by atoms with Gasteiger partial charge in [0.1, 0.15) is 6.04 Å². The zero-order valence-electron chi connectivity index (χ0n) is 31.1. The zero-order chi connectivity index (χ0) is 38.2. The Kier molecular flexibility index (Phi) is 10.1.